The van der Waals surface area contributed by atoms with Crippen molar-refractivity contribution in [1.29, 1.82) is 0 Å². The monoisotopic (exact) mass is 375 g/mol. The van der Waals surface area contributed by atoms with Crippen molar-refractivity contribution in [1.82, 2.24) is 4.90 Å². The van der Waals surface area contributed by atoms with Crippen molar-refractivity contribution in [3.8, 4) is 5.75 Å². The van der Waals surface area contributed by atoms with Gasteiger partial charge in [-0.15, -0.1) is 0 Å². The molecule has 1 amide bonds. The van der Waals surface area contributed by atoms with Gasteiger partial charge in [0, 0.05) is 12.5 Å². The van der Waals surface area contributed by atoms with E-state index in [1.165, 1.54) is 23.1 Å². The van der Waals surface area contributed by atoms with Gasteiger partial charge < -0.3 is 9.47 Å². The summed E-state index contributed by atoms with van der Waals surface area (Å²) in [5.74, 6) is 1.02. The fraction of sp³-hybridized carbons (Fsp3) is 0.375. The molecule has 3 aliphatic rings. The molecular formula is C24H25NO3. The molecule has 0 spiro atoms. The van der Waals surface area contributed by atoms with E-state index in [0.29, 0.717) is 6.61 Å². The normalized spacial score (nSPS) is 22.9. The predicted octanol–water partition coefficient (Wildman–Crippen LogP) is 4.97. The van der Waals surface area contributed by atoms with Crippen molar-refractivity contribution in [2.75, 3.05) is 6.61 Å². The molecule has 1 saturated heterocycles. The fourth-order valence-corrected chi connectivity index (χ4v) is 4.71. The molecular weight excluding hydrogens is 350 g/mol. The Bertz CT molecular complexity index is 905. The first-order valence-corrected chi connectivity index (χ1v) is 10.2. The molecule has 2 bridgehead atoms. The van der Waals surface area contributed by atoms with Gasteiger partial charge in [0.25, 0.3) is 0 Å². The molecule has 2 aromatic carbocycles. The molecule has 0 aliphatic carbocycles. The summed E-state index contributed by atoms with van der Waals surface area (Å²) < 4.78 is 11.3. The summed E-state index contributed by atoms with van der Waals surface area (Å²) in [6.07, 6.45) is 7.21. The average Bonchev–Trinajstić information content (AvgIpc) is 3.19. The van der Waals surface area contributed by atoms with Gasteiger partial charge in [-0.25, -0.2) is 4.79 Å². The number of amides is 1. The van der Waals surface area contributed by atoms with Crippen LogP contribution in [0, 0.1) is 0 Å². The molecule has 2 atom stereocenters. The van der Waals surface area contributed by atoms with Crippen LogP contribution in [-0.4, -0.2) is 29.7 Å². The van der Waals surface area contributed by atoms with E-state index < -0.39 is 0 Å². The lowest BCUT2D eigenvalue weighted by molar-refractivity contribution is 0.0510. The lowest BCUT2D eigenvalue weighted by Crippen LogP contribution is -2.51. The third-order valence-electron chi connectivity index (χ3n) is 6.11. The topological polar surface area (TPSA) is 38.8 Å². The Labute approximate surface area is 165 Å². The van der Waals surface area contributed by atoms with Gasteiger partial charge in [-0.05, 0) is 60.1 Å². The molecule has 4 heteroatoms. The zero-order chi connectivity index (χ0) is 18.9. The van der Waals surface area contributed by atoms with Crippen molar-refractivity contribution >= 4 is 11.7 Å². The van der Waals surface area contributed by atoms with Crippen LogP contribution in [0.25, 0.3) is 5.57 Å². The Morgan fingerprint density at radius 1 is 1.14 bits per heavy atom. The highest BCUT2D eigenvalue weighted by atomic mass is 16.6. The molecule has 0 aromatic heterocycles. The van der Waals surface area contributed by atoms with E-state index in [9.17, 15) is 4.79 Å². The van der Waals surface area contributed by atoms with Crippen LogP contribution in [0.1, 0.15) is 42.4 Å². The Hall–Kier alpha value is -2.75. The number of hydrogen-bond donors (Lipinski definition) is 0. The van der Waals surface area contributed by atoms with Crippen LogP contribution in [0.15, 0.2) is 54.6 Å². The standard InChI is InChI=1S/C24H25NO3/c26-24(28-16-17-5-2-1-3-6-17)25-21-7-4-8-22(25)15-20(14-21)18-9-10-23-19(13-18)11-12-27-23/h1-3,5-6,9-10,13-14,21-22H,4,7-8,11-12,15-16H2. The SMILES string of the molecule is O=C(OCc1ccccc1)N1C2C=C(c3ccc4c(c3)CCO4)CC1CCC2. The molecule has 0 saturated carbocycles. The van der Waals surface area contributed by atoms with E-state index in [2.05, 4.69) is 24.3 Å². The van der Waals surface area contributed by atoms with Crippen LogP contribution in [0.4, 0.5) is 4.79 Å². The van der Waals surface area contributed by atoms with E-state index in [0.717, 1.165) is 43.6 Å². The van der Waals surface area contributed by atoms with E-state index in [4.69, 9.17) is 9.47 Å². The number of rotatable bonds is 3. The van der Waals surface area contributed by atoms with E-state index in [1.54, 1.807) is 0 Å². The second kappa shape index (κ2) is 7.34. The first-order valence-electron chi connectivity index (χ1n) is 10.2. The Kier molecular flexibility index (Phi) is 4.55. The van der Waals surface area contributed by atoms with Crippen LogP contribution >= 0.6 is 0 Å². The smallest absolute Gasteiger partial charge is 0.410 e. The number of hydrogen-bond acceptors (Lipinski definition) is 3. The number of fused-ring (bicyclic) bond motifs is 3. The molecule has 2 aromatic rings. The average molecular weight is 375 g/mol. The fourth-order valence-electron chi connectivity index (χ4n) is 4.71. The predicted molar refractivity (Wildman–Crippen MR) is 108 cm³/mol. The molecule has 2 unspecified atom stereocenters. The molecule has 28 heavy (non-hydrogen) atoms. The highest BCUT2D eigenvalue weighted by Crippen LogP contribution is 2.39. The lowest BCUT2D eigenvalue weighted by Gasteiger charge is -2.44. The van der Waals surface area contributed by atoms with E-state index in [-0.39, 0.29) is 18.2 Å². The summed E-state index contributed by atoms with van der Waals surface area (Å²) in [5.41, 5.74) is 4.96. The number of carbonyl (C=O) groups is 1. The minimum absolute atomic E-state index is 0.135. The largest absolute Gasteiger partial charge is 0.493 e. The molecule has 4 nitrogen and oxygen atoms in total. The first-order chi connectivity index (χ1) is 13.8. The van der Waals surface area contributed by atoms with Crippen molar-refractivity contribution < 1.29 is 14.3 Å². The van der Waals surface area contributed by atoms with Crippen LogP contribution in [0.2, 0.25) is 0 Å². The highest BCUT2D eigenvalue weighted by Gasteiger charge is 2.38. The maximum atomic E-state index is 12.8. The molecule has 3 heterocycles. The summed E-state index contributed by atoms with van der Waals surface area (Å²) in [6.45, 7) is 1.11. The minimum atomic E-state index is -0.184. The van der Waals surface area contributed by atoms with Crippen molar-refractivity contribution in [2.24, 2.45) is 0 Å². The summed E-state index contributed by atoms with van der Waals surface area (Å²) in [7, 11) is 0. The molecule has 0 N–H and O–H groups in total. The van der Waals surface area contributed by atoms with E-state index >= 15 is 0 Å². The van der Waals surface area contributed by atoms with Crippen LogP contribution in [0.5, 0.6) is 5.75 Å². The van der Waals surface area contributed by atoms with Crippen molar-refractivity contribution in [2.45, 2.75) is 50.8 Å². The third kappa shape index (κ3) is 3.28. The number of ether oxygens (including phenoxy) is 2. The zero-order valence-electron chi connectivity index (χ0n) is 16.0. The Balaban J connectivity index is 1.33. The van der Waals surface area contributed by atoms with Gasteiger partial charge in [0.05, 0.1) is 12.6 Å². The second-order valence-corrected chi connectivity index (χ2v) is 7.92. The molecule has 1 fully saturated rings. The van der Waals surface area contributed by atoms with Crippen LogP contribution < -0.4 is 4.74 Å². The maximum Gasteiger partial charge on any atom is 0.410 e. The molecule has 0 radical (unpaired) electrons. The summed E-state index contributed by atoms with van der Waals surface area (Å²) in [5, 5.41) is 0. The minimum Gasteiger partial charge on any atom is -0.493 e. The van der Waals surface area contributed by atoms with Gasteiger partial charge in [-0.2, -0.15) is 0 Å². The number of benzene rings is 2. The van der Waals surface area contributed by atoms with Gasteiger partial charge in [0.15, 0.2) is 0 Å². The Morgan fingerprint density at radius 3 is 2.89 bits per heavy atom. The van der Waals surface area contributed by atoms with Crippen LogP contribution in [0.3, 0.4) is 0 Å². The van der Waals surface area contributed by atoms with E-state index in [1.807, 2.05) is 35.2 Å². The van der Waals surface area contributed by atoms with Gasteiger partial charge in [0.1, 0.15) is 12.4 Å². The van der Waals surface area contributed by atoms with Gasteiger partial charge in [0.2, 0.25) is 0 Å². The summed E-state index contributed by atoms with van der Waals surface area (Å²) >= 11 is 0. The summed E-state index contributed by atoms with van der Waals surface area (Å²) in [4.78, 5) is 14.8. The Morgan fingerprint density at radius 2 is 2.04 bits per heavy atom. The number of nitrogens with zero attached hydrogens (tertiary/aromatic N) is 1. The van der Waals surface area contributed by atoms with Crippen LogP contribution in [-0.2, 0) is 17.8 Å². The van der Waals surface area contributed by atoms with Crippen molar-refractivity contribution in [3.63, 3.8) is 0 Å². The summed E-state index contributed by atoms with van der Waals surface area (Å²) in [6, 6.07) is 16.8. The van der Waals surface area contributed by atoms with Gasteiger partial charge in [-0.1, -0.05) is 42.5 Å². The maximum absolute atomic E-state index is 12.8. The van der Waals surface area contributed by atoms with Gasteiger partial charge in [-0.3, -0.25) is 4.90 Å². The molecule has 5 rings (SSSR count). The second-order valence-electron chi connectivity index (χ2n) is 7.92. The number of piperidine rings is 1. The highest BCUT2D eigenvalue weighted by molar-refractivity contribution is 5.75. The molecule has 144 valence electrons. The van der Waals surface area contributed by atoms with Gasteiger partial charge >= 0.3 is 6.09 Å². The number of carbonyl (C=O) groups excluding carboxylic acids is 1. The molecule has 3 aliphatic heterocycles. The zero-order valence-corrected chi connectivity index (χ0v) is 16.0. The lowest BCUT2D eigenvalue weighted by atomic mass is 9.83. The third-order valence-corrected chi connectivity index (χ3v) is 6.11. The quantitative estimate of drug-likeness (QED) is 0.760. The first kappa shape index (κ1) is 17.4. The van der Waals surface area contributed by atoms with Crippen molar-refractivity contribution in [3.05, 3.63) is 71.3 Å².